The summed E-state index contributed by atoms with van der Waals surface area (Å²) in [7, 11) is 0. The second-order valence-electron chi connectivity index (χ2n) is 8.59. The van der Waals surface area contributed by atoms with E-state index in [4.69, 9.17) is 18.9 Å². The number of carbonyl (C=O) groups is 3. The Morgan fingerprint density at radius 1 is 1.00 bits per heavy atom. The van der Waals surface area contributed by atoms with Gasteiger partial charge in [-0.2, -0.15) is 0 Å². The van der Waals surface area contributed by atoms with Crippen molar-refractivity contribution in [3.63, 3.8) is 0 Å². The van der Waals surface area contributed by atoms with E-state index >= 15 is 0 Å². The molecular formula is C21H32N2O7. The second-order valence-corrected chi connectivity index (χ2v) is 8.59. The van der Waals surface area contributed by atoms with Gasteiger partial charge in [0.05, 0.1) is 13.2 Å². The predicted molar refractivity (Wildman–Crippen MR) is 105 cm³/mol. The van der Waals surface area contributed by atoms with Gasteiger partial charge in [0.25, 0.3) is 5.91 Å². The van der Waals surface area contributed by atoms with E-state index in [2.05, 4.69) is 4.90 Å². The summed E-state index contributed by atoms with van der Waals surface area (Å²) in [6, 6.07) is 0.452. The Hall–Kier alpha value is -2.03. The molecular weight excluding hydrogens is 392 g/mol. The SMILES string of the molecule is CCOC(=O)OC1C[C@@H]2[C@H]3CCCN4CCC[C@@H](CN2C(=O)C1OC(=O)OCC)[C@@H]34. The Labute approximate surface area is 176 Å². The van der Waals surface area contributed by atoms with Crippen molar-refractivity contribution in [1.29, 1.82) is 0 Å². The van der Waals surface area contributed by atoms with Gasteiger partial charge in [0.15, 0.2) is 6.10 Å². The summed E-state index contributed by atoms with van der Waals surface area (Å²) < 4.78 is 20.6. The fraction of sp³-hybridized carbons (Fsp3) is 0.857. The Morgan fingerprint density at radius 2 is 1.67 bits per heavy atom. The fourth-order valence-corrected chi connectivity index (χ4v) is 6.00. The summed E-state index contributed by atoms with van der Waals surface area (Å²) in [5.74, 6) is 0.489. The molecule has 0 spiro atoms. The summed E-state index contributed by atoms with van der Waals surface area (Å²) in [5.41, 5.74) is 0. The maximum Gasteiger partial charge on any atom is 0.509 e. The first-order valence-corrected chi connectivity index (χ1v) is 11.2. The highest BCUT2D eigenvalue weighted by Crippen LogP contribution is 2.45. The van der Waals surface area contributed by atoms with Gasteiger partial charge in [0.1, 0.15) is 0 Å². The number of fused-ring (bicyclic) bond motifs is 2. The molecule has 0 radical (unpaired) electrons. The van der Waals surface area contributed by atoms with Crippen molar-refractivity contribution in [3.8, 4) is 0 Å². The van der Waals surface area contributed by atoms with Crippen molar-refractivity contribution < 1.29 is 33.3 Å². The van der Waals surface area contributed by atoms with Crippen LogP contribution < -0.4 is 0 Å². The molecule has 0 aromatic carbocycles. The van der Waals surface area contributed by atoms with Crippen LogP contribution in [0.15, 0.2) is 0 Å². The standard InChI is InChI=1S/C21H32N2O7/c1-3-27-20(25)29-16-11-15-14-8-6-10-22-9-5-7-13(17(14)22)12-23(15)19(24)18(16)30-21(26)28-4-2/h13-18H,3-12H2,1-2H3/t13-,14+,15+,16?,17-,18?/m0/s1. The molecule has 0 bridgehead atoms. The molecule has 4 fully saturated rings. The van der Waals surface area contributed by atoms with Crippen molar-refractivity contribution in [2.75, 3.05) is 32.8 Å². The molecule has 0 saturated carbocycles. The third-order valence-electron chi connectivity index (χ3n) is 7.01. The number of ether oxygens (including phenoxy) is 4. The van der Waals surface area contributed by atoms with Gasteiger partial charge < -0.3 is 23.8 Å². The van der Waals surface area contributed by atoms with E-state index in [0.717, 1.165) is 38.8 Å². The van der Waals surface area contributed by atoms with Crippen LogP contribution in [0.1, 0.15) is 46.0 Å². The Kier molecular flexibility index (Phi) is 6.36. The summed E-state index contributed by atoms with van der Waals surface area (Å²) >= 11 is 0. The largest absolute Gasteiger partial charge is 0.509 e. The van der Waals surface area contributed by atoms with E-state index in [1.807, 2.05) is 4.90 Å². The number of hydrogen-bond donors (Lipinski definition) is 0. The lowest BCUT2D eigenvalue weighted by atomic mass is 9.67. The molecule has 0 aliphatic carbocycles. The normalized spacial score (nSPS) is 35.7. The van der Waals surface area contributed by atoms with Crippen LogP contribution >= 0.6 is 0 Å². The van der Waals surface area contributed by atoms with Gasteiger partial charge in [-0.3, -0.25) is 9.69 Å². The van der Waals surface area contributed by atoms with Crippen LogP contribution in [0.3, 0.4) is 0 Å². The average molecular weight is 424 g/mol. The highest BCUT2D eigenvalue weighted by Gasteiger charge is 2.56. The third kappa shape index (κ3) is 3.96. The number of amides is 1. The first-order valence-electron chi connectivity index (χ1n) is 11.2. The van der Waals surface area contributed by atoms with E-state index in [-0.39, 0.29) is 25.2 Å². The summed E-state index contributed by atoms with van der Waals surface area (Å²) in [6.07, 6.45) is 1.01. The van der Waals surface area contributed by atoms with E-state index in [0.29, 0.717) is 30.8 Å². The maximum atomic E-state index is 13.4. The third-order valence-corrected chi connectivity index (χ3v) is 7.01. The lowest BCUT2D eigenvalue weighted by Crippen LogP contribution is -2.70. The molecule has 4 aliphatic rings. The molecule has 0 aromatic rings. The van der Waals surface area contributed by atoms with Gasteiger partial charge >= 0.3 is 12.3 Å². The number of rotatable bonds is 4. The summed E-state index contributed by atoms with van der Waals surface area (Å²) in [5, 5.41) is 0. The minimum atomic E-state index is -1.20. The number of piperidine rings is 4. The lowest BCUT2D eigenvalue weighted by molar-refractivity contribution is -0.178. The maximum absolute atomic E-state index is 13.4. The molecule has 6 atom stereocenters. The minimum absolute atomic E-state index is 0.0267. The molecule has 4 heterocycles. The summed E-state index contributed by atoms with van der Waals surface area (Å²) in [4.78, 5) is 41.9. The monoisotopic (exact) mass is 424 g/mol. The molecule has 9 heteroatoms. The Morgan fingerprint density at radius 3 is 2.37 bits per heavy atom. The number of nitrogens with zero attached hydrogens (tertiary/aromatic N) is 2. The summed E-state index contributed by atoms with van der Waals surface area (Å²) in [6.45, 7) is 6.55. The quantitative estimate of drug-likeness (QED) is 0.634. The zero-order valence-electron chi connectivity index (χ0n) is 17.8. The average Bonchev–Trinajstić information content (AvgIpc) is 2.72. The number of hydrogen-bond acceptors (Lipinski definition) is 8. The van der Waals surface area contributed by atoms with Gasteiger partial charge in [-0.1, -0.05) is 0 Å². The minimum Gasteiger partial charge on any atom is -0.435 e. The molecule has 9 nitrogen and oxygen atoms in total. The zero-order valence-corrected chi connectivity index (χ0v) is 17.8. The zero-order chi connectivity index (χ0) is 21.3. The van der Waals surface area contributed by atoms with E-state index in [1.54, 1.807) is 13.8 Å². The van der Waals surface area contributed by atoms with Gasteiger partial charge in [0, 0.05) is 25.0 Å². The van der Waals surface area contributed by atoms with Crippen LogP contribution in [0, 0.1) is 11.8 Å². The predicted octanol–water partition coefficient (Wildman–Crippen LogP) is 2.17. The van der Waals surface area contributed by atoms with Crippen LogP contribution in [-0.4, -0.2) is 85.2 Å². The molecule has 1 amide bonds. The molecule has 168 valence electrons. The number of carbonyl (C=O) groups excluding carboxylic acids is 3. The van der Waals surface area contributed by atoms with Crippen LogP contribution in [0.25, 0.3) is 0 Å². The molecule has 4 aliphatic heterocycles. The van der Waals surface area contributed by atoms with E-state index in [9.17, 15) is 14.4 Å². The van der Waals surface area contributed by atoms with Crippen molar-refractivity contribution in [2.45, 2.75) is 70.2 Å². The van der Waals surface area contributed by atoms with Crippen LogP contribution in [-0.2, 0) is 23.7 Å². The molecule has 4 saturated heterocycles. The van der Waals surface area contributed by atoms with Crippen molar-refractivity contribution in [2.24, 2.45) is 11.8 Å². The highest BCUT2D eigenvalue weighted by atomic mass is 16.8. The Balaban J connectivity index is 1.58. The second kappa shape index (κ2) is 8.99. The van der Waals surface area contributed by atoms with E-state index in [1.165, 1.54) is 0 Å². The fourth-order valence-electron chi connectivity index (χ4n) is 6.00. The van der Waals surface area contributed by atoms with Crippen LogP contribution in [0.4, 0.5) is 9.59 Å². The molecule has 30 heavy (non-hydrogen) atoms. The van der Waals surface area contributed by atoms with Crippen molar-refractivity contribution >= 4 is 18.2 Å². The molecule has 4 rings (SSSR count). The lowest BCUT2D eigenvalue weighted by Gasteiger charge is -2.59. The van der Waals surface area contributed by atoms with Crippen molar-refractivity contribution in [3.05, 3.63) is 0 Å². The first-order chi connectivity index (χ1) is 14.5. The van der Waals surface area contributed by atoms with Gasteiger partial charge in [-0.05, 0) is 64.5 Å². The molecule has 0 aromatic heterocycles. The van der Waals surface area contributed by atoms with Gasteiger partial charge in [-0.25, -0.2) is 9.59 Å². The smallest absolute Gasteiger partial charge is 0.435 e. The highest BCUT2D eigenvalue weighted by molar-refractivity contribution is 5.85. The van der Waals surface area contributed by atoms with Gasteiger partial charge in [0.2, 0.25) is 6.10 Å². The Bertz CT molecular complexity index is 670. The van der Waals surface area contributed by atoms with Crippen LogP contribution in [0.5, 0.6) is 0 Å². The van der Waals surface area contributed by atoms with E-state index < -0.39 is 24.5 Å². The van der Waals surface area contributed by atoms with Crippen molar-refractivity contribution in [1.82, 2.24) is 9.80 Å². The van der Waals surface area contributed by atoms with Gasteiger partial charge in [-0.15, -0.1) is 0 Å². The topological polar surface area (TPSA) is 94.6 Å². The molecule has 0 N–H and O–H groups in total. The first kappa shape index (κ1) is 21.2. The molecule has 2 unspecified atom stereocenters. The van der Waals surface area contributed by atoms with Crippen LogP contribution in [0.2, 0.25) is 0 Å².